The minimum atomic E-state index is -0.0186. The lowest BCUT2D eigenvalue weighted by atomic mass is 10.1. The number of rotatable bonds is 7. The average molecular weight is 391 g/mol. The molecule has 150 valence electrons. The van der Waals surface area contributed by atoms with Crippen molar-refractivity contribution in [3.05, 3.63) is 83.8 Å². The molecule has 1 aliphatic rings. The van der Waals surface area contributed by atoms with E-state index in [1.54, 1.807) is 18.6 Å². The summed E-state index contributed by atoms with van der Waals surface area (Å²) in [6.07, 6.45) is 5.97. The zero-order chi connectivity index (χ0) is 19.9. The highest BCUT2D eigenvalue weighted by Gasteiger charge is 2.19. The molecule has 0 atom stereocenters. The van der Waals surface area contributed by atoms with Gasteiger partial charge in [0.15, 0.2) is 11.5 Å². The van der Waals surface area contributed by atoms with Crippen molar-refractivity contribution in [2.45, 2.75) is 25.8 Å². The van der Waals surface area contributed by atoms with Gasteiger partial charge >= 0.3 is 0 Å². The normalized spacial score (nSPS) is 13.0. The van der Waals surface area contributed by atoms with Crippen LogP contribution in [-0.4, -0.2) is 30.6 Å². The van der Waals surface area contributed by atoms with Gasteiger partial charge in [0.25, 0.3) is 5.91 Å². The molecule has 1 amide bonds. The van der Waals surface area contributed by atoms with Crippen LogP contribution >= 0.6 is 0 Å². The fraction of sp³-hybridized carbons (Fsp3) is 0.292. The van der Waals surface area contributed by atoms with Gasteiger partial charge in [-0.05, 0) is 42.7 Å². The Morgan fingerprint density at radius 3 is 2.55 bits per heavy atom. The van der Waals surface area contributed by atoms with Crippen LogP contribution in [0.4, 0.5) is 0 Å². The number of benzene rings is 2. The minimum absolute atomic E-state index is 0.0186. The molecule has 2 aromatic carbocycles. The van der Waals surface area contributed by atoms with E-state index in [-0.39, 0.29) is 5.91 Å². The number of carbonyl (C=O) groups is 1. The Morgan fingerprint density at radius 2 is 1.76 bits per heavy atom. The molecular formula is C24H25NO4. The Balaban J connectivity index is 1.48. The van der Waals surface area contributed by atoms with Gasteiger partial charge in [-0.1, -0.05) is 30.3 Å². The first kappa shape index (κ1) is 19.1. The predicted octanol–water partition coefficient (Wildman–Crippen LogP) is 4.72. The first-order valence-electron chi connectivity index (χ1n) is 10.0. The van der Waals surface area contributed by atoms with E-state index in [1.807, 2.05) is 41.3 Å². The van der Waals surface area contributed by atoms with Crippen LogP contribution in [0.3, 0.4) is 0 Å². The lowest BCUT2D eigenvalue weighted by Crippen LogP contribution is -2.31. The van der Waals surface area contributed by atoms with E-state index in [9.17, 15) is 4.79 Å². The highest BCUT2D eigenvalue weighted by molar-refractivity contribution is 5.95. The summed E-state index contributed by atoms with van der Waals surface area (Å²) in [5, 5.41) is 0. The molecule has 2 heterocycles. The van der Waals surface area contributed by atoms with Gasteiger partial charge in [0.1, 0.15) is 0 Å². The van der Waals surface area contributed by atoms with E-state index >= 15 is 0 Å². The van der Waals surface area contributed by atoms with E-state index in [0.717, 1.165) is 24.8 Å². The Kier molecular flexibility index (Phi) is 6.15. The minimum Gasteiger partial charge on any atom is -0.490 e. The van der Waals surface area contributed by atoms with E-state index < -0.39 is 0 Å². The Labute approximate surface area is 170 Å². The number of hydrogen-bond donors (Lipinski definition) is 0. The van der Waals surface area contributed by atoms with Crippen LogP contribution in [0.15, 0.2) is 71.5 Å². The topological polar surface area (TPSA) is 51.9 Å². The molecule has 3 aromatic rings. The third-order valence-corrected chi connectivity index (χ3v) is 4.97. The smallest absolute Gasteiger partial charge is 0.254 e. The molecule has 0 spiro atoms. The molecule has 0 aliphatic carbocycles. The summed E-state index contributed by atoms with van der Waals surface area (Å²) < 4.78 is 16.6. The largest absolute Gasteiger partial charge is 0.490 e. The molecule has 0 unspecified atom stereocenters. The molecule has 0 saturated carbocycles. The van der Waals surface area contributed by atoms with Crippen molar-refractivity contribution in [1.82, 2.24) is 4.90 Å². The van der Waals surface area contributed by atoms with Gasteiger partial charge in [0, 0.05) is 30.6 Å². The first-order valence-corrected chi connectivity index (χ1v) is 10.0. The number of carbonyl (C=O) groups excluding carboxylic acids is 1. The van der Waals surface area contributed by atoms with Gasteiger partial charge in [0.05, 0.1) is 25.7 Å². The summed E-state index contributed by atoms with van der Waals surface area (Å²) in [6, 6.07) is 17.7. The predicted molar refractivity (Wildman–Crippen MR) is 110 cm³/mol. The molecule has 0 fully saturated rings. The maximum absolute atomic E-state index is 13.3. The monoisotopic (exact) mass is 391 g/mol. The zero-order valence-corrected chi connectivity index (χ0v) is 16.4. The highest BCUT2D eigenvalue weighted by Crippen LogP contribution is 2.31. The van der Waals surface area contributed by atoms with Crippen molar-refractivity contribution in [1.29, 1.82) is 0 Å². The average Bonchev–Trinajstić information content (AvgIpc) is 3.16. The van der Waals surface area contributed by atoms with Crippen LogP contribution in [-0.2, 0) is 13.0 Å². The molecule has 0 radical (unpaired) electrons. The summed E-state index contributed by atoms with van der Waals surface area (Å²) in [7, 11) is 0. The van der Waals surface area contributed by atoms with Crippen LogP contribution in [0, 0.1) is 0 Å². The number of amides is 1. The third-order valence-electron chi connectivity index (χ3n) is 4.97. The molecular weight excluding hydrogens is 366 g/mol. The molecule has 1 aliphatic heterocycles. The maximum Gasteiger partial charge on any atom is 0.254 e. The van der Waals surface area contributed by atoms with Gasteiger partial charge < -0.3 is 18.8 Å². The van der Waals surface area contributed by atoms with Crippen molar-refractivity contribution in [2.24, 2.45) is 0 Å². The van der Waals surface area contributed by atoms with Crippen molar-refractivity contribution in [3.63, 3.8) is 0 Å². The molecule has 29 heavy (non-hydrogen) atoms. The summed E-state index contributed by atoms with van der Waals surface area (Å²) in [4.78, 5) is 15.2. The molecule has 0 bridgehead atoms. The number of fused-ring (bicyclic) bond motifs is 1. The van der Waals surface area contributed by atoms with Crippen molar-refractivity contribution < 1.29 is 18.7 Å². The summed E-state index contributed by atoms with van der Waals surface area (Å²) in [6.45, 7) is 2.40. The standard InChI is InChI=1S/C24H25NO4/c26-24(21-9-10-22-23(16-21)29-14-5-13-28-22)25(17-20-11-15-27-18-20)12-4-8-19-6-2-1-3-7-19/h1-3,6-7,9-11,15-16,18H,4-5,8,12-14,17H2. The summed E-state index contributed by atoms with van der Waals surface area (Å²) >= 11 is 0. The molecule has 4 rings (SSSR count). The number of hydrogen-bond acceptors (Lipinski definition) is 4. The van der Waals surface area contributed by atoms with Crippen LogP contribution in [0.2, 0.25) is 0 Å². The van der Waals surface area contributed by atoms with Gasteiger partial charge in [0.2, 0.25) is 0 Å². The van der Waals surface area contributed by atoms with E-state index in [4.69, 9.17) is 13.9 Å². The van der Waals surface area contributed by atoms with Crippen molar-refractivity contribution >= 4 is 5.91 Å². The SMILES string of the molecule is O=C(c1ccc2c(c1)OCCCO2)N(CCCc1ccccc1)Cc1ccoc1. The molecule has 5 heteroatoms. The highest BCUT2D eigenvalue weighted by atomic mass is 16.5. The van der Waals surface area contributed by atoms with Gasteiger partial charge in [-0.15, -0.1) is 0 Å². The van der Waals surface area contributed by atoms with E-state index in [0.29, 0.717) is 43.4 Å². The third kappa shape index (κ3) is 4.99. The molecule has 0 N–H and O–H groups in total. The first-order chi connectivity index (χ1) is 14.3. The number of ether oxygens (including phenoxy) is 2. The Hall–Kier alpha value is -3.21. The fourth-order valence-corrected chi connectivity index (χ4v) is 3.45. The quantitative estimate of drug-likeness (QED) is 0.585. The van der Waals surface area contributed by atoms with Gasteiger partial charge in [-0.2, -0.15) is 0 Å². The Bertz CT molecular complexity index is 921. The van der Waals surface area contributed by atoms with Crippen molar-refractivity contribution in [2.75, 3.05) is 19.8 Å². The van der Waals surface area contributed by atoms with Crippen LogP contribution in [0.5, 0.6) is 11.5 Å². The van der Waals surface area contributed by atoms with Gasteiger partial charge in [-0.3, -0.25) is 4.79 Å². The zero-order valence-electron chi connectivity index (χ0n) is 16.4. The lowest BCUT2D eigenvalue weighted by molar-refractivity contribution is 0.0740. The van der Waals surface area contributed by atoms with Crippen LogP contribution in [0.25, 0.3) is 0 Å². The number of aryl methyl sites for hydroxylation is 1. The van der Waals surface area contributed by atoms with Crippen LogP contribution in [0.1, 0.15) is 34.3 Å². The second-order valence-electron chi connectivity index (χ2n) is 7.16. The number of furan rings is 1. The van der Waals surface area contributed by atoms with Gasteiger partial charge in [-0.25, -0.2) is 0 Å². The molecule has 5 nitrogen and oxygen atoms in total. The van der Waals surface area contributed by atoms with E-state index in [1.165, 1.54) is 5.56 Å². The number of nitrogens with zero attached hydrogens (tertiary/aromatic N) is 1. The summed E-state index contributed by atoms with van der Waals surface area (Å²) in [5.41, 5.74) is 2.86. The van der Waals surface area contributed by atoms with E-state index in [2.05, 4.69) is 12.1 Å². The van der Waals surface area contributed by atoms with Crippen molar-refractivity contribution in [3.8, 4) is 11.5 Å². The summed E-state index contributed by atoms with van der Waals surface area (Å²) in [5.74, 6) is 1.32. The molecule has 0 saturated heterocycles. The maximum atomic E-state index is 13.3. The lowest BCUT2D eigenvalue weighted by Gasteiger charge is -2.23. The fourth-order valence-electron chi connectivity index (χ4n) is 3.45. The van der Waals surface area contributed by atoms with Crippen LogP contribution < -0.4 is 9.47 Å². The Morgan fingerprint density at radius 1 is 0.931 bits per heavy atom. The second-order valence-corrected chi connectivity index (χ2v) is 7.16. The second kappa shape index (κ2) is 9.32. The molecule has 1 aromatic heterocycles.